The Balaban J connectivity index is 1.47. The number of likely N-dealkylation sites (tertiary alicyclic amines) is 1. The van der Waals surface area contributed by atoms with Gasteiger partial charge in [0, 0.05) is 32.1 Å². The van der Waals surface area contributed by atoms with Crippen molar-refractivity contribution in [1.82, 2.24) is 9.80 Å². The van der Waals surface area contributed by atoms with E-state index in [1.807, 2.05) is 20.8 Å². The Morgan fingerprint density at radius 1 is 1.15 bits per heavy atom. The molecule has 3 aliphatic rings. The molecule has 0 aromatic rings. The zero-order valence-corrected chi connectivity index (χ0v) is 17.5. The number of hydrogen-bond donors (Lipinski definition) is 0. The molecular formula is C22H36N2O3. The number of carbonyl (C=O) groups excluding carboxylic acids is 2. The van der Waals surface area contributed by atoms with Gasteiger partial charge in [-0.3, -0.25) is 4.79 Å². The Morgan fingerprint density at radius 3 is 2.37 bits per heavy atom. The van der Waals surface area contributed by atoms with E-state index in [9.17, 15) is 9.59 Å². The van der Waals surface area contributed by atoms with Crippen molar-refractivity contribution in [3.63, 3.8) is 0 Å². The van der Waals surface area contributed by atoms with Crippen LogP contribution in [-0.4, -0.2) is 53.1 Å². The first kappa shape index (κ1) is 20.2. The molecule has 0 aromatic heterocycles. The van der Waals surface area contributed by atoms with Crippen LogP contribution in [0.3, 0.4) is 0 Å². The summed E-state index contributed by atoms with van der Waals surface area (Å²) in [6, 6.07) is 0.393. The predicted octanol–water partition coefficient (Wildman–Crippen LogP) is 4.37. The van der Waals surface area contributed by atoms with Gasteiger partial charge in [0.2, 0.25) is 5.91 Å². The lowest BCUT2D eigenvalue weighted by molar-refractivity contribution is -0.130. The van der Waals surface area contributed by atoms with Gasteiger partial charge in [-0.1, -0.05) is 11.6 Å². The summed E-state index contributed by atoms with van der Waals surface area (Å²) in [6.07, 6.45) is 9.64. The summed E-state index contributed by atoms with van der Waals surface area (Å²) in [6.45, 7) is 10.3. The van der Waals surface area contributed by atoms with Crippen molar-refractivity contribution in [3.8, 4) is 0 Å². The van der Waals surface area contributed by atoms with Gasteiger partial charge in [-0.15, -0.1) is 0 Å². The highest BCUT2D eigenvalue weighted by molar-refractivity contribution is 5.78. The minimum atomic E-state index is -0.438. The molecule has 2 aliphatic heterocycles. The molecule has 2 amide bonds. The first-order chi connectivity index (χ1) is 12.7. The molecule has 3 rings (SSSR count). The van der Waals surface area contributed by atoms with E-state index < -0.39 is 5.60 Å². The van der Waals surface area contributed by atoms with Gasteiger partial charge in [0.25, 0.3) is 0 Å². The van der Waals surface area contributed by atoms with E-state index in [-0.39, 0.29) is 6.09 Å². The van der Waals surface area contributed by atoms with Crippen LogP contribution in [0, 0.1) is 11.8 Å². The molecule has 2 fully saturated rings. The molecule has 0 spiro atoms. The summed E-state index contributed by atoms with van der Waals surface area (Å²) >= 11 is 0. The maximum absolute atomic E-state index is 12.2. The molecule has 1 saturated heterocycles. The number of amides is 2. The van der Waals surface area contributed by atoms with Crippen LogP contribution in [0.1, 0.15) is 72.6 Å². The van der Waals surface area contributed by atoms with E-state index in [0.29, 0.717) is 30.3 Å². The van der Waals surface area contributed by atoms with Crippen molar-refractivity contribution in [1.29, 1.82) is 0 Å². The van der Waals surface area contributed by atoms with Gasteiger partial charge in [0.05, 0.1) is 0 Å². The molecule has 1 saturated carbocycles. The lowest BCUT2D eigenvalue weighted by atomic mass is 9.74. The average molecular weight is 377 g/mol. The van der Waals surface area contributed by atoms with Crippen LogP contribution in [0.15, 0.2) is 11.6 Å². The van der Waals surface area contributed by atoms with Gasteiger partial charge in [0.15, 0.2) is 0 Å². The smallest absolute Gasteiger partial charge is 0.410 e. The third-order valence-electron chi connectivity index (χ3n) is 6.48. The Kier molecular flexibility index (Phi) is 6.17. The topological polar surface area (TPSA) is 49.9 Å². The largest absolute Gasteiger partial charge is 0.444 e. The van der Waals surface area contributed by atoms with E-state index in [1.165, 1.54) is 31.3 Å². The van der Waals surface area contributed by atoms with E-state index >= 15 is 0 Å². The minimum Gasteiger partial charge on any atom is -0.444 e. The highest BCUT2D eigenvalue weighted by Crippen LogP contribution is 2.38. The van der Waals surface area contributed by atoms with Crippen LogP contribution >= 0.6 is 0 Å². The molecule has 1 atom stereocenters. The van der Waals surface area contributed by atoms with Crippen LogP contribution < -0.4 is 0 Å². The lowest BCUT2D eigenvalue weighted by Crippen LogP contribution is -2.41. The quantitative estimate of drug-likeness (QED) is 0.687. The van der Waals surface area contributed by atoms with Gasteiger partial charge in [-0.05, 0) is 78.1 Å². The van der Waals surface area contributed by atoms with Gasteiger partial charge in [-0.25, -0.2) is 4.79 Å². The third kappa shape index (κ3) is 5.05. The molecule has 0 unspecified atom stereocenters. The van der Waals surface area contributed by atoms with Gasteiger partial charge in [0.1, 0.15) is 5.60 Å². The standard InChI is InChI=1S/C22H36N2O3/c1-16(24-13-5-6-20(24)25)17-7-9-18(10-8-17)19-11-14-23(15-12-19)21(26)27-22(2,3)4/h11,16-18H,5-10,12-15H2,1-4H3/t16-,17?,18?/m1/s1. The SMILES string of the molecule is C[C@H](C1CCC(C2=CCN(C(=O)OC(C)(C)C)CC2)CC1)N1CCCC1=O. The second kappa shape index (κ2) is 8.24. The van der Waals surface area contributed by atoms with Crippen LogP contribution in [-0.2, 0) is 9.53 Å². The Morgan fingerprint density at radius 2 is 1.85 bits per heavy atom. The van der Waals surface area contributed by atoms with E-state index in [2.05, 4.69) is 17.9 Å². The molecule has 0 N–H and O–H groups in total. The predicted molar refractivity (Wildman–Crippen MR) is 106 cm³/mol. The van der Waals surface area contributed by atoms with E-state index in [4.69, 9.17) is 4.74 Å². The molecule has 2 heterocycles. The normalized spacial score (nSPS) is 28.1. The van der Waals surface area contributed by atoms with Crippen molar-refractivity contribution in [2.24, 2.45) is 11.8 Å². The number of nitrogens with zero attached hydrogens (tertiary/aromatic N) is 2. The molecule has 0 radical (unpaired) electrons. The molecular weight excluding hydrogens is 340 g/mol. The zero-order valence-electron chi connectivity index (χ0n) is 17.5. The molecule has 0 aromatic carbocycles. The average Bonchev–Trinajstić information content (AvgIpc) is 3.06. The highest BCUT2D eigenvalue weighted by atomic mass is 16.6. The van der Waals surface area contributed by atoms with Crippen LogP contribution in [0.4, 0.5) is 4.79 Å². The van der Waals surface area contributed by atoms with Gasteiger partial charge >= 0.3 is 6.09 Å². The molecule has 5 nitrogen and oxygen atoms in total. The first-order valence-electron chi connectivity index (χ1n) is 10.7. The third-order valence-corrected chi connectivity index (χ3v) is 6.48. The van der Waals surface area contributed by atoms with Crippen LogP contribution in [0.5, 0.6) is 0 Å². The van der Waals surface area contributed by atoms with Crippen LogP contribution in [0.2, 0.25) is 0 Å². The molecule has 27 heavy (non-hydrogen) atoms. The van der Waals surface area contributed by atoms with Gasteiger partial charge < -0.3 is 14.5 Å². The second-order valence-corrected chi connectivity index (χ2v) is 9.50. The maximum Gasteiger partial charge on any atom is 0.410 e. The highest BCUT2D eigenvalue weighted by Gasteiger charge is 2.34. The molecule has 152 valence electrons. The minimum absolute atomic E-state index is 0.203. The monoisotopic (exact) mass is 376 g/mol. The number of ether oxygens (including phenoxy) is 1. The summed E-state index contributed by atoms with van der Waals surface area (Å²) in [5, 5.41) is 0. The van der Waals surface area contributed by atoms with Crippen molar-refractivity contribution >= 4 is 12.0 Å². The Labute approximate surface area is 164 Å². The zero-order chi connectivity index (χ0) is 19.6. The summed E-state index contributed by atoms with van der Waals surface area (Å²) in [7, 11) is 0. The Bertz CT molecular complexity index is 585. The molecule has 5 heteroatoms. The van der Waals surface area contributed by atoms with Gasteiger partial charge in [-0.2, -0.15) is 0 Å². The lowest BCUT2D eigenvalue weighted by Gasteiger charge is -2.38. The van der Waals surface area contributed by atoms with Crippen LogP contribution in [0.25, 0.3) is 0 Å². The van der Waals surface area contributed by atoms with Crippen molar-refractivity contribution in [2.45, 2.75) is 84.3 Å². The molecule has 0 bridgehead atoms. The molecule has 1 aliphatic carbocycles. The second-order valence-electron chi connectivity index (χ2n) is 9.50. The summed E-state index contributed by atoms with van der Waals surface area (Å²) in [5.74, 6) is 1.65. The van der Waals surface area contributed by atoms with E-state index in [1.54, 1.807) is 4.90 Å². The number of hydrogen-bond acceptors (Lipinski definition) is 3. The first-order valence-corrected chi connectivity index (χ1v) is 10.7. The van der Waals surface area contributed by atoms with Crippen molar-refractivity contribution < 1.29 is 14.3 Å². The fourth-order valence-corrected chi connectivity index (χ4v) is 4.87. The van der Waals surface area contributed by atoms with Crippen molar-refractivity contribution in [2.75, 3.05) is 19.6 Å². The van der Waals surface area contributed by atoms with E-state index in [0.717, 1.165) is 32.4 Å². The number of rotatable bonds is 3. The summed E-state index contributed by atoms with van der Waals surface area (Å²) in [5.41, 5.74) is 1.09. The Hall–Kier alpha value is -1.52. The van der Waals surface area contributed by atoms with Crippen molar-refractivity contribution in [3.05, 3.63) is 11.6 Å². The number of carbonyl (C=O) groups is 2. The fraction of sp³-hybridized carbons (Fsp3) is 0.818. The maximum atomic E-state index is 12.2. The summed E-state index contributed by atoms with van der Waals surface area (Å²) < 4.78 is 5.48. The fourth-order valence-electron chi connectivity index (χ4n) is 4.87. The summed E-state index contributed by atoms with van der Waals surface area (Å²) in [4.78, 5) is 28.1.